The van der Waals surface area contributed by atoms with E-state index in [1.807, 2.05) is 0 Å². The number of ether oxygens (including phenoxy) is 5. The molecule has 3 heterocycles. The summed E-state index contributed by atoms with van der Waals surface area (Å²) in [5, 5.41) is 2.80. The van der Waals surface area contributed by atoms with Crippen LogP contribution in [-0.4, -0.2) is 96.6 Å². The Morgan fingerprint density at radius 2 is 1.47 bits per heavy atom. The van der Waals surface area contributed by atoms with Gasteiger partial charge in [0.2, 0.25) is 0 Å². The molecule has 0 bridgehead atoms. The molecule has 45 heavy (non-hydrogen) atoms. The summed E-state index contributed by atoms with van der Waals surface area (Å²) in [7, 11) is 0. The topological polar surface area (TPSA) is 160 Å². The van der Waals surface area contributed by atoms with E-state index in [0.29, 0.717) is 5.56 Å². The van der Waals surface area contributed by atoms with Crippen LogP contribution in [-0.2, 0) is 49.0 Å². The second-order valence-corrected chi connectivity index (χ2v) is 11.1. The standard InChI is InChI=1S/C28H30F3N3O10S/c1-13-23(45-26(32-13)17-5-7-18(8-6-17)28(29,30)31)24(38)33-25-21(43-16(4)37)19(41-14(2)35)20(42-15(3)36)22(44-25)27(39)34-9-11-40-12-10-34/h5-8,19-22,25H,9-12H2,1-4H3,(H,33,38). The van der Waals surface area contributed by atoms with Gasteiger partial charge in [-0.05, 0) is 19.1 Å². The molecule has 2 saturated heterocycles. The van der Waals surface area contributed by atoms with Crippen molar-refractivity contribution in [2.45, 2.75) is 64.5 Å². The molecule has 2 fully saturated rings. The Morgan fingerprint density at radius 1 is 0.911 bits per heavy atom. The summed E-state index contributed by atoms with van der Waals surface area (Å²) < 4.78 is 66.5. The highest BCUT2D eigenvalue weighted by Crippen LogP contribution is 2.34. The van der Waals surface area contributed by atoms with Gasteiger partial charge in [-0.15, -0.1) is 11.3 Å². The average Bonchev–Trinajstić information content (AvgIpc) is 3.36. The van der Waals surface area contributed by atoms with E-state index in [1.54, 1.807) is 0 Å². The summed E-state index contributed by atoms with van der Waals surface area (Å²) >= 11 is 0.877. The van der Waals surface area contributed by atoms with Gasteiger partial charge in [-0.2, -0.15) is 13.2 Å². The van der Waals surface area contributed by atoms with Gasteiger partial charge in [0.05, 0.1) is 24.5 Å². The number of thiazole rings is 1. The highest BCUT2D eigenvalue weighted by atomic mass is 32.1. The van der Waals surface area contributed by atoms with Crippen LogP contribution in [0.3, 0.4) is 0 Å². The lowest BCUT2D eigenvalue weighted by Gasteiger charge is -2.45. The predicted octanol–water partition coefficient (Wildman–Crippen LogP) is 2.25. The van der Waals surface area contributed by atoms with Crippen molar-refractivity contribution in [2.75, 3.05) is 26.3 Å². The largest absolute Gasteiger partial charge is 0.455 e. The summed E-state index contributed by atoms with van der Waals surface area (Å²) in [6.45, 7) is 5.50. The molecule has 0 aliphatic carbocycles. The lowest BCUT2D eigenvalue weighted by molar-refractivity contribution is -0.249. The van der Waals surface area contributed by atoms with Crippen molar-refractivity contribution in [3.8, 4) is 10.6 Å². The van der Waals surface area contributed by atoms with Gasteiger partial charge in [0.1, 0.15) is 9.88 Å². The minimum atomic E-state index is -4.53. The number of aromatic nitrogens is 1. The van der Waals surface area contributed by atoms with E-state index in [2.05, 4.69) is 10.3 Å². The predicted molar refractivity (Wildman–Crippen MR) is 147 cm³/mol. The van der Waals surface area contributed by atoms with Gasteiger partial charge >= 0.3 is 24.1 Å². The molecule has 4 rings (SSSR count). The normalized spacial score (nSPS) is 23.5. The van der Waals surface area contributed by atoms with Gasteiger partial charge in [0, 0.05) is 39.4 Å². The maximum atomic E-state index is 13.6. The van der Waals surface area contributed by atoms with Crippen molar-refractivity contribution in [1.82, 2.24) is 15.2 Å². The van der Waals surface area contributed by atoms with E-state index in [9.17, 15) is 37.1 Å². The van der Waals surface area contributed by atoms with Gasteiger partial charge < -0.3 is 33.9 Å². The number of aryl methyl sites for hydroxylation is 1. The molecule has 0 radical (unpaired) electrons. The number of hydrogen-bond donors (Lipinski definition) is 1. The third kappa shape index (κ3) is 8.15. The van der Waals surface area contributed by atoms with Crippen LogP contribution in [0.25, 0.3) is 10.6 Å². The number of rotatable bonds is 7. The first-order valence-corrected chi connectivity index (χ1v) is 14.5. The second-order valence-electron chi connectivity index (χ2n) is 10.1. The van der Waals surface area contributed by atoms with E-state index in [0.717, 1.165) is 44.2 Å². The first-order chi connectivity index (χ1) is 21.1. The number of nitrogens with zero attached hydrogens (tertiary/aromatic N) is 2. The van der Waals surface area contributed by atoms with Crippen LogP contribution >= 0.6 is 11.3 Å². The van der Waals surface area contributed by atoms with Crippen molar-refractivity contribution in [2.24, 2.45) is 0 Å². The highest BCUT2D eigenvalue weighted by Gasteiger charge is 2.55. The molecule has 0 saturated carbocycles. The molecule has 244 valence electrons. The Labute approximate surface area is 258 Å². The van der Waals surface area contributed by atoms with E-state index in [4.69, 9.17) is 23.7 Å². The monoisotopic (exact) mass is 657 g/mol. The third-order valence-corrected chi connectivity index (χ3v) is 7.95. The minimum absolute atomic E-state index is 0.0391. The molecule has 5 unspecified atom stereocenters. The average molecular weight is 658 g/mol. The Bertz CT molecular complexity index is 1440. The Balaban J connectivity index is 1.67. The molecule has 2 aliphatic heterocycles. The van der Waals surface area contributed by atoms with Gasteiger partial charge in [-0.1, -0.05) is 12.1 Å². The molecule has 17 heteroatoms. The van der Waals surface area contributed by atoms with Crippen molar-refractivity contribution < 1.29 is 60.8 Å². The fourth-order valence-electron chi connectivity index (χ4n) is 4.82. The Kier molecular flexibility index (Phi) is 10.4. The number of nitrogens with one attached hydrogen (secondary N) is 1. The molecule has 0 spiro atoms. The zero-order valence-corrected chi connectivity index (χ0v) is 25.4. The van der Waals surface area contributed by atoms with Crippen LogP contribution in [0.5, 0.6) is 0 Å². The number of amides is 2. The molecule has 1 aromatic carbocycles. The summed E-state index contributed by atoms with van der Waals surface area (Å²) in [6.07, 6.45) is -12.4. The van der Waals surface area contributed by atoms with Crippen LogP contribution < -0.4 is 5.32 Å². The van der Waals surface area contributed by atoms with E-state index in [-0.39, 0.29) is 41.9 Å². The van der Waals surface area contributed by atoms with Crippen LogP contribution in [0.4, 0.5) is 13.2 Å². The highest BCUT2D eigenvalue weighted by molar-refractivity contribution is 7.17. The van der Waals surface area contributed by atoms with Gasteiger partial charge in [-0.25, -0.2) is 4.98 Å². The molecule has 5 atom stereocenters. The van der Waals surface area contributed by atoms with Gasteiger partial charge in [0.25, 0.3) is 11.8 Å². The lowest BCUT2D eigenvalue weighted by atomic mass is 9.95. The SMILES string of the molecule is CC(=O)OC1C(NC(=O)c2sc(-c3ccc(C(F)(F)F)cc3)nc2C)OC(C(=O)N2CCOCC2)C(OC(C)=O)C1OC(C)=O. The number of hydrogen-bond acceptors (Lipinski definition) is 12. The van der Waals surface area contributed by atoms with Crippen LogP contribution in [0.1, 0.15) is 41.7 Å². The minimum Gasteiger partial charge on any atom is -0.455 e. The number of carbonyl (C=O) groups excluding carboxylic acids is 5. The van der Waals surface area contributed by atoms with Crippen molar-refractivity contribution in [3.05, 3.63) is 40.4 Å². The number of esters is 3. The van der Waals surface area contributed by atoms with Gasteiger partial charge in [-0.3, -0.25) is 24.0 Å². The molecule has 2 amide bonds. The number of morpholine rings is 1. The van der Waals surface area contributed by atoms with Crippen molar-refractivity contribution in [1.29, 1.82) is 0 Å². The molecule has 1 aromatic heterocycles. The zero-order valence-electron chi connectivity index (χ0n) is 24.5. The van der Waals surface area contributed by atoms with Crippen LogP contribution in [0, 0.1) is 6.92 Å². The first-order valence-electron chi connectivity index (χ1n) is 13.6. The maximum Gasteiger partial charge on any atom is 0.416 e. The number of carbonyl (C=O) groups is 5. The van der Waals surface area contributed by atoms with E-state index in [1.165, 1.54) is 24.0 Å². The third-order valence-electron chi connectivity index (χ3n) is 6.75. The quantitative estimate of drug-likeness (QED) is 0.344. The zero-order chi connectivity index (χ0) is 33.1. The van der Waals surface area contributed by atoms with E-state index < -0.39 is 72.1 Å². The first kappa shape index (κ1) is 33.8. The smallest absolute Gasteiger partial charge is 0.416 e. The van der Waals surface area contributed by atoms with Crippen molar-refractivity contribution in [3.63, 3.8) is 0 Å². The molecule has 2 aliphatic rings. The summed E-state index contributed by atoms with van der Waals surface area (Å²) in [5.41, 5.74) is -0.293. The second kappa shape index (κ2) is 13.9. The van der Waals surface area contributed by atoms with Crippen LogP contribution in [0.2, 0.25) is 0 Å². The molecular formula is C28H30F3N3O10S. The van der Waals surface area contributed by atoms with Gasteiger partial charge in [0.15, 0.2) is 30.6 Å². The summed E-state index contributed by atoms with van der Waals surface area (Å²) in [5.74, 6) is -4.02. The fraction of sp³-hybridized carbons (Fsp3) is 0.500. The van der Waals surface area contributed by atoms with Crippen LogP contribution in [0.15, 0.2) is 24.3 Å². The molecule has 13 nitrogen and oxygen atoms in total. The Morgan fingerprint density at radius 3 is 2.02 bits per heavy atom. The Hall–Kier alpha value is -4.09. The number of benzene rings is 1. The summed E-state index contributed by atoms with van der Waals surface area (Å²) in [6, 6.07) is 4.24. The van der Waals surface area contributed by atoms with E-state index >= 15 is 0 Å². The molecule has 1 N–H and O–H groups in total. The maximum absolute atomic E-state index is 13.6. The summed E-state index contributed by atoms with van der Waals surface area (Å²) in [4.78, 5) is 69.3. The number of halogens is 3. The van der Waals surface area contributed by atoms with Crippen molar-refractivity contribution >= 4 is 41.1 Å². The molecular weight excluding hydrogens is 627 g/mol. The number of alkyl halides is 3. The lowest BCUT2D eigenvalue weighted by Crippen LogP contribution is -2.68. The molecule has 2 aromatic rings. The fourth-order valence-corrected chi connectivity index (χ4v) is 5.79.